The molecule has 2 aromatic heterocycles. The molecule has 21 heavy (non-hydrogen) atoms. The van der Waals surface area contributed by atoms with E-state index < -0.39 is 5.97 Å². The van der Waals surface area contributed by atoms with E-state index in [2.05, 4.69) is 10.1 Å². The summed E-state index contributed by atoms with van der Waals surface area (Å²) < 4.78 is 19.2. The molecule has 3 rings (SSSR count). The number of hydrogen-bond acceptors (Lipinski definition) is 4. The molecule has 3 aromatic rings. The Hall–Kier alpha value is -2.76. The van der Waals surface area contributed by atoms with E-state index in [9.17, 15) is 9.18 Å². The number of aromatic nitrogens is 3. The molecule has 0 aliphatic carbocycles. The van der Waals surface area contributed by atoms with Crippen LogP contribution in [0.15, 0.2) is 36.4 Å². The second kappa shape index (κ2) is 4.97. The molecule has 0 aliphatic rings. The van der Waals surface area contributed by atoms with Crippen molar-refractivity contribution < 1.29 is 13.9 Å². The van der Waals surface area contributed by atoms with Gasteiger partial charge >= 0.3 is 5.97 Å². The molecule has 0 unspecified atom stereocenters. The van der Waals surface area contributed by atoms with E-state index in [0.29, 0.717) is 22.7 Å². The van der Waals surface area contributed by atoms with Crippen LogP contribution in [0.3, 0.4) is 0 Å². The highest BCUT2D eigenvalue weighted by molar-refractivity contribution is 5.88. The highest BCUT2D eigenvalue weighted by Crippen LogP contribution is 2.20. The maximum absolute atomic E-state index is 13.0. The average Bonchev–Trinajstić information content (AvgIpc) is 2.89. The number of fused-ring (bicyclic) bond motifs is 1. The molecular formula is C15H12FN3O2. The SMILES string of the molecule is COC(=O)c1cc(C)nc2cc(-c3ccc(F)cc3)nn12. The highest BCUT2D eigenvalue weighted by atomic mass is 19.1. The third-order valence-corrected chi connectivity index (χ3v) is 3.09. The summed E-state index contributed by atoms with van der Waals surface area (Å²) in [5.74, 6) is -0.800. The van der Waals surface area contributed by atoms with Gasteiger partial charge in [0.15, 0.2) is 11.3 Å². The summed E-state index contributed by atoms with van der Waals surface area (Å²) in [4.78, 5) is 16.1. The van der Waals surface area contributed by atoms with E-state index >= 15 is 0 Å². The molecule has 0 atom stereocenters. The Labute approximate surface area is 120 Å². The van der Waals surface area contributed by atoms with Crippen LogP contribution in [0.1, 0.15) is 16.2 Å². The first kappa shape index (κ1) is 13.2. The lowest BCUT2D eigenvalue weighted by molar-refractivity contribution is 0.0590. The minimum atomic E-state index is -0.487. The van der Waals surface area contributed by atoms with E-state index in [1.54, 1.807) is 31.2 Å². The van der Waals surface area contributed by atoms with Crippen molar-refractivity contribution in [2.24, 2.45) is 0 Å². The maximum atomic E-state index is 13.0. The van der Waals surface area contributed by atoms with Gasteiger partial charge in [0.1, 0.15) is 5.82 Å². The number of esters is 1. The molecule has 0 radical (unpaired) electrons. The van der Waals surface area contributed by atoms with Crippen LogP contribution in [-0.4, -0.2) is 27.7 Å². The van der Waals surface area contributed by atoms with Crippen LogP contribution in [0, 0.1) is 12.7 Å². The lowest BCUT2D eigenvalue weighted by Crippen LogP contribution is -2.10. The predicted molar refractivity (Wildman–Crippen MR) is 74.5 cm³/mol. The van der Waals surface area contributed by atoms with Crippen molar-refractivity contribution in [1.82, 2.24) is 14.6 Å². The van der Waals surface area contributed by atoms with Crippen molar-refractivity contribution in [3.63, 3.8) is 0 Å². The third kappa shape index (κ3) is 2.35. The van der Waals surface area contributed by atoms with Crippen LogP contribution in [0.2, 0.25) is 0 Å². The van der Waals surface area contributed by atoms with Crippen molar-refractivity contribution >= 4 is 11.6 Å². The Balaban J connectivity index is 2.19. The molecule has 0 saturated heterocycles. The number of ether oxygens (including phenoxy) is 1. The fourth-order valence-electron chi connectivity index (χ4n) is 2.11. The zero-order valence-electron chi connectivity index (χ0n) is 11.5. The normalized spacial score (nSPS) is 10.8. The van der Waals surface area contributed by atoms with Crippen molar-refractivity contribution in [2.75, 3.05) is 7.11 Å². The van der Waals surface area contributed by atoms with Gasteiger partial charge in [0.05, 0.1) is 12.8 Å². The molecule has 1 aromatic carbocycles. The monoisotopic (exact) mass is 285 g/mol. The quantitative estimate of drug-likeness (QED) is 0.679. The number of halogens is 1. The lowest BCUT2D eigenvalue weighted by Gasteiger charge is -2.03. The lowest BCUT2D eigenvalue weighted by atomic mass is 10.1. The molecule has 0 spiro atoms. The van der Waals surface area contributed by atoms with Crippen molar-refractivity contribution in [2.45, 2.75) is 6.92 Å². The molecule has 6 heteroatoms. The number of benzene rings is 1. The van der Waals surface area contributed by atoms with Gasteiger partial charge in [-0.1, -0.05) is 0 Å². The Morgan fingerprint density at radius 1 is 1.24 bits per heavy atom. The summed E-state index contributed by atoms with van der Waals surface area (Å²) in [7, 11) is 1.31. The Bertz CT molecular complexity index is 825. The second-order valence-corrected chi connectivity index (χ2v) is 4.58. The van der Waals surface area contributed by atoms with Crippen LogP contribution in [-0.2, 0) is 4.74 Å². The topological polar surface area (TPSA) is 56.5 Å². The molecule has 0 fully saturated rings. The van der Waals surface area contributed by atoms with E-state index in [0.717, 1.165) is 5.56 Å². The second-order valence-electron chi connectivity index (χ2n) is 4.58. The molecule has 0 amide bonds. The van der Waals surface area contributed by atoms with Gasteiger partial charge in [0.2, 0.25) is 0 Å². The van der Waals surface area contributed by atoms with Gasteiger partial charge in [-0.15, -0.1) is 0 Å². The zero-order valence-corrected chi connectivity index (χ0v) is 11.5. The minimum absolute atomic E-state index is 0.299. The summed E-state index contributed by atoms with van der Waals surface area (Å²) in [5.41, 5.74) is 2.88. The number of rotatable bonds is 2. The van der Waals surface area contributed by atoms with Gasteiger partial charge in [0.25, 0.3) is 0 Å². The van der Waals surface area contributed by atoms with Gasteiger partial charge in [-0.05, 0) is 37.3 Å². The Morgan fingerprint density at radius 2 is 1.95 bits per heavy atom. The van der Waals surface area contributed by atoms with Crippen LogP contribution >= 0.6 is 0 Å². The van der Waals surface area contributed by atoms with Crippen molar-refractivity contribution in [3.05, 3.63) is 53.6 Å². The van der Waals surface area contributed by atoms with Crippen molar-refractivity contribution in [3.8, 4) is 11.3 Å². The number of carbonyl (C=O) groups excluding carboxylic acids is 1. The Kier molecular flexibility index (Phi) is 3.13. The van der Waals surface area contributed by atoms with Gasteiger partial charge in [-0.25, -0.2) is 18.7 Å². The number of methoxy groups -OCH3 is 1. The first-order valence-electron chi connectivity index (χ1n) is 6.30. The largest absolute Gasteiger partial charge is 0.464 e. The highest BCUT2D eigenvalue weighted by Gasteiger charge is 2.15. The first-order chi connectivity index (χ1) is 10.1. The molecule has 106 valence electrons. The number of hydrogen-bond donors (Lipinski definition) is 0. The standard InChI is InChI=1S/C15H12FN3O2/c1-9-7-13(15(20)21-2)19-14(17-9)8-12(18-19)10-3-5-11(16)6-4-10/h3-8H,1-2H3. The van der Waals surface area contributed by atoms with Crippen LogP contribution in [0.4, 0.5) is 4.39 Å². The summed E-state index contributed by atoms with van der Waals surface area (Å²) >= 11 is 0. The van der Waals surface area contributed by atoms with E-state index in [-0.39, 0.29) is 5.82 Å². The molecule has 0 aliphatic heterocycles. The van der Waals surface area contributed by atoms with E-state index in [1.165, 1.54) is 23.8 Å². The Morgan fingerprint density at radius 3 is 2.62 bits per heavy atom. The van der Waals surface area contributed by atoms with Gasteiger partial charge in [-0.2, -0.15) is 5.10 Å². The fourth-order valence-corrected chi connectivity index (χ4v) is 2.11. The van der Waals surface area contributed by atoms with Gasteiger partial charge < -0.3 is 4.74 Å². The van der Waals surface area contributed by atoms with Crippen molar-refractivity contribution in [1.29, 1.82) is 0 Å². The predicted octanol–water partition coefficient (Wildman–Crippen LogP) is 2.63. The smallest absolute Gasteiger partial charge is 0.356 e. The molecule has 2 heterocycles. The zero-order chi connectivity index (χ0) is 15.0. The minimum Gasteiger partial charge on any atom is -0.464 e. The third-order valence-electron chi connectivity index (χ3n) is 3.09. The van der Waals surface area contributed by atoms with Crippen LogP contribution in [0.5, 0.6) is 0 Å². The average molecular weight is 285 g/mol. The van der Waals surface area contributed by atoms with Crippen LogP contribution < -0.4 is 0 Å². The van der Waals surface area contributed by atoms with E-state index in [1.807, 2.05) is 0 Å². The maximum Gasteiger partial charge on any atom is 0.356 e. The molecular weight excluding hydrogens is 273 g/mol. The molecule has 0 bridgehead atoms. The van der Waals surface area contributed by atoms with Gasteiger partial charge in [-0.3, -0.25) is 0 Å². The molecule has 0 N–H and O–H groups in total. The summed E-state index contributed by atoms with van der Waals surface area (Å²) in [6.45, 7) is 1.79. The fraction of sp³-hybridized carbons (Fsp3) is 0.133. The first-order valence-corrected chi connectivity index (χ1v) is 6.30. The molecule has 5 nitrogen and oxygen atoms in total. The van der Waals surface area contributed by atoms with E-state index in [4.69, 9.17) is 4.74 Å². The summed E-state index contributed by atoms with van der Waals surface area (Å²) in [5, 5.41) is 4.35. The summed E-state index contributed by atoms with van der Waals surface area (Å²) in [6.07, 6.45) is 0. The number of carbonyl (C=O) groups is 1. The summed E-state index contributed by atoms with van der Waals surface area (Å²) in [6, 6.07) is 9.33. The van der Waals surface area contributed by atoms with Crippen LogP contribution in [0.25, 0.3) is 16.9 Å². The molecule has 0 saturated carbocycles. The number of aryl methyl sites for hydroxylation is 1. The number of nitrogens with zero attached hydrogens (tertiary/aromatic N) is 3. The van der Waals surface area contributed by atoms with Gasteiger partial charge in [0, 0.05) is 17.3 Å².